The van der Waals surface area contributed by atoms with Crippen LogP contribution in [0.5, 0.6) is 0 Å². The van der Waals surface area contributed by atoms with Gasteiger partial charge >= 0.3 is 23.9 Å². The molecule has 0 aliphatic rings. The fraction of sp³-hybridized carbons (Fsp3) is 0.769. The van der Waals surface area contributed by atoms with Crippen LogP contribution >= 0.6 is 0 Å². The second-order valence-electron chi connectivity index (χ2n) is 14.1. The smallest absolute Gasteiger partial charge is 0.326 e. The molecule has 0 aromatic heterocycles. The number of rotatable bonds is 42. The van der Waals surface area contributed by atoms with Crippen molar-refractivity contribution in [1.82, 2.24) is 26.6 Å². The highest BCUT2D eigenvalue weighted by molar-refractivity contribution is 5.93. The molecule has 0 saturated carbocycles. The van der Waals surface area contributed by atoms with Crippen molar-refractivity contribution in [3.05, 3.63) is 0 Å². The lowest BCUT2D eigenvalue weighted by Crippen LogP contribution is -2.51. The van der Waals surface area contributed by atoms with Crippen LogP contribution in [0, 0.1) is 0 Å². The van der Waals surface area contributed by atoms with Crippen LogP contribution in [0.2, 0.25) is 0 Å². The number of amides is 5. The van der Waals surface area contributed by atoms with Gasteiger partial charge in [-0.3, -0.25) is 33.6 Å². The average molecular weight is 862 g/mol. The number of carboxylic acid groups (broad SMARTS) is 4. The zero-order valence-electron chi connectivity index (χ0n) is 34.6. The third-order valence-corrected chi connectivity index (χ3v) is 8.86. The number of aliphatic carboxylic acids is 4. The van der Waals surface area contributed by atoms with Gasteiger partial charge in [-0.25, -0.2) is 9.59 Å². The molecule has 0 saturated heterocycles. The maximum atomic E-state index is 12.3. The van der Waals surface area contributed by atoms with Crippen LogP contribution in [-0.2, 0) is 57.4 Å². The second-order valence-corrected chi connectivity index (χ2v) is 14.1. The van der Waals surface area contributed by atoms with E-state index in [-0.39, 0.29) is 65.2 Å². The maximum Gasteiger partial charge on any atom is 0.326 e. The molecule has 344 valence electrons. The third-order valence-electron chi connectivity index (χ3n) is 8.86. The molecule has 0 rings (SSSR count). The van der Waals surface area contributed by atoms with Crippen molar-refractivity contribution in [3.63, 3.8) is 0 Å². The molecule has 0 aromatic rings. The number of carbonyl (C=O) groups is 9. The van der Waals surface area contributed by atoms with Crippen molar-refractivity contribution in [2.24, 2.45) is 0 Å². The molecule has 3 atom stereocenters. The Morgan fingerprint density at radius 3 is 1.23 bits per heavy atom. The standard InChI is InChI=1S/C39H67N5O16/c45-28-42-29(27-36(51)52)37(53)44-31(39(56)57)26-34(48)41-18-14-20-59-22-24-60-23-21-58-19-13-17-40-33(47)25-30(38(54)55)43-32(46)15-11-9-7-5-3-1-2-4-6-8-10-12-16-35(49)50/h28-31H,1-27H2,(H,40,47)(H,41,48)(H,42,45)(H,43,46)(H,44,53)(H,49,50)(H,51,52)(H,54,55)(H,56,57)/t29-,30-,31-/m0/s1. The first kappa shape index (κ1) is 55.1. The van der Waals surface area contributed by atoms with Gasteiger partial charge in [0.2, 0.25) is 30.0 Å². The van der Waals surface area contributed by atoms with Crippen LogP contribution in [-0.4, -0.2) is 145 Å². The number of ether oxygens (including phenoxy) is 3. The van der Waals surface area contributed by atoms with Gasteiger partial charge in [-0.05, 0) is 25.7 Å². The highest BCUT2D eigenvalue weighted by Crippen LogP contribution is 2.13. The first-order valence-electron chi connectivity index (χ1n) is 20.7. The minimum Gasteiger partial charge on any atom is -0.481 e. The molecule has 0 heterocycles. The molecular weight excluding hydrogens is 794 g/mol. The van der Waals surface area contributed by atoms with Gasteiger partial charge in [0.15, 0.2) is 0 Å². The Bertz CT molecular complexity index is 1290. The highest BCUT2D eigenvalue weighted by Gasteiger charge is 2.28. The third kappa shape index (κ3) is 34.0. The maximum absolute atomic E-state index is 12.3. The lowest BCUT2D eigenvalue weighted by Gasteiger charge is -2.18. The van der Waals surface area contributed by atoms with Crippen LogP contribution in [0.1, 0.15) is 122 Å². The van der Waals surface area contributed by atoms with Gasteiger partial charge in [0.05, 0.1) is 45.7 Å². The number of carbonyl (C=O) groups excluding carboxylic acids is 5. The van der Waals surface area contributed by atoms with Crippen LogP contribution in [0.25, 0.3) is 0 Å². The lowest BCUT2D eigenvalue weighted by atomic mass is 10.0. The topological polar surface area (TPSA) is 322 Å². The summed E-state index contributed by atoms with van der Waals surface area (Å²) < 4.78 is 16.3. The summed E-state index contributed by atoms with van der Waals surface area (Å²) in [5.74, 6) is -7.57. The predicted molar refractivity (Wildman–Crippen MR) is 214 cm³/mol. The Hall–Kier alpha value is -4.89. The minimum absolute atomic E-state index is 0.109. The monoisotopic (exact) mass is 861 g/mol. The largest absolute Gasteiger partial charge is 0.481 e. The summed E-state index contributed by atoms with van der Waals surface area (Å²) in [6.07, 6.45) is 11.7. The summed E-state index contributed by atoms with van der Waals surface area (Å²) in [6, 6.07) is -4.46. The van der Waals surface area contributed by atoms with E-state index in [0.717, 1.165) is 70.6 Å². The molecule has 0 fully saturated rings. The van der Waals surface area contributed by atoms with E-state index in [4.69, 9.17) is 24.4 Å². The molecule has 0 radical (unpaired) electrons. The quantitative estimate of drug-likeness (QED) is 0.0307. The van der Waals surface area contributed by atoms with E-state index >= 15 is 0 Å². The zero-order chi connectivity index (χ0) is 44.8. The SMILES string of the molecule is O=CN[C@@H](CC(=O)O)C(=O)N[C@@H](CC(=O)NCCCOCCOCCOCCCNC(=O)C[C@H](NC(=O)CCCCCCCCCCCCCCC(=O)O)C(=O)O)C(=O)O. The number of nitrogens with one attached hydrogen (secondary N) is 5. The van der Waals surface area contributed by atoms with E-state index in [0.29, 0.717) is 32.5 Å². The molecule has 0 aliphatic carbocycles. The summed E-state index contributed by atoms with van der Waals surface area (Å²) in [5, 5.41) is 47.9. The van der Waals surface area contributed by atoms with E-state index in [1.807, 2.05) is 10.6 Å². The number of hydrogen-bond acceptors (Lipinski definition) is 12. The molecule has 0 bridgehead atoms. The van der Waals surface area contributed by atoms with E-state index in [9.17, 15) is 53.4 Å². The fourth-order valence-corrected chi connectivity index (χ4v) is 5.61. The zero-order valence-corrected chi connectivity index (χ0v) is 34.6. The Labute approximate surface area is 350 Å². The molecule has 60 heavy (non-hydrogen) atoms. The van der Waals surface area contributed by atoms with E-state index in [1.165, 1.54) is 0 Å². The van der Waals surface area contributed by atoms with Gasteiger partial charge in [-0.2, -0.15) is 0 Å². The number of carboxylic acids is 4. The van der Waals surface area contributed by atoms with Gasteiger partial charge < -0.3 is 61.2 Å². The normalized spacial score (nSPS) is 12.3. The molecule has 21 nitrogen and oxygen atoms in total. The molecule has 0 spiro atoms. The number of hydrogen-bond donors (Lipinski definition) is 9. The van der Waals surface area contributed by atoms with Crippen LogP contribution in [0.15, 0.2) is 0 Å². The fourth-order valence-electron chi connectivity index (χ4n) is 5.61. The molecule has 5 amide bonds. The minimum atomic E-state index is -1.64. The van der Waals surface area contributed by atoms with Crippen LogP contribution in [0.3, 0.4) is 0 Å². The van der Waals surface area contributed by atoms with E-state index in [2.05, 4.69) is 16.0 Å². The predicted octanol–water partition coefficient (Wildman–Crippen LogP) is 1.10. The van der Waals surface area contributed by atoms with Gasteiger partial charge in [-0.15, -0.1) is 0 Å². The van der Waals surface area contributed by atoms with Crippen molar-refractivity contribution in [2.45, 2.75) is 140 Å². The van der Waals surface area contributed by atoms with Gasteiger partial charge in [0.25, 0.3) is 0 Å². The summed E-state index contributed by atoms with van der Waals surface area (Å²) in [5.41, 5.74) is 0. The summed E-state index contributed by atoms with van der Waals surface area (Å²) in [7, 11) is 0. The van der Waals surface area contributed by atoms with Crippen molar-refractivity contribution >= 4 is 53.9 Å². The van der Waals surface area contributed by atoms with Crippen LogP contribution in [0.4, 0.5) is 0 Å². The average Bonchev–Trinajstić information content (AvgIpc) is 3.18. The van der Waals surface area contributed by atoms with Crippen molar-refractivity contribution < 1.29 is 77.8 Å². The molecular formula is C39H67N5O16. The van der Waals surface area contributed by atoms with Gasteiger partial charge in [0.1, 0.15) is 18.1 Å². The Morgan fingerprint density at radius 1 is 0.433 bits per heavy atom. The van der Waals surface area contributed by atoms with Gasteiger partial charge in [0, 0.05) is 39.1 Å². The Kier molecular flexibility index (Phi) is 34.1. The van der Waals surface area contributed by atoms with Crippen molar-refractivity contribution in [1.29, 1.82) is 0 Å². The summed E-state index contributed by atoms with van der Waals surface area (Å²) in [6.45, 7) is 2.13. The highest BCUT2D eigenvalue weighted by atomic mass is 16.5. The Morgan fingerprint density at radius 2 is 0.833 bits per heavy atom. The van der Waals surface area contributed by atoms with E-state index < -0.39 is 78.5 Å². The first-order valence-corrected chi connectivity index (χ1v) is 20.7. The molecule has 0 unspecified atom stereocenters. The molecule has 9 N–H and O–H groups in total. The molecule has 21 heteroatoms. The number of unbranched alkanes of at least 4 members (excludes halogenated alkanes) is 11. The van der Waals surface area contributed by atoms with Gasteiger partial charge in [-0.1, -0.05) is 64.2 Å². The van der Waals surface area contributed by atoms with Crippen molar-refractivity contribution in [2.75, 3.05) is 52.7 Å². The first-order chi connectivity index (χ1) is 28.8. The second kappa shape index (κ2) is 37.1. The Balaban J connectivity index is 3.84. The summed E-state index contributed by atoms with van der Waals surface area (Å²) >= 11 is 0. The lowest BCUT2D eigenvalue weighted by molar-refractivity contribution is -0.144. The van der Waals surface area contributed by atoms with Crippen LogP contribution < -0.4 is 26.6 Å². The summed E-state index contributed by atoms with van der Waals surface area (Å²) in [4.78, 5) is 104. The molecule has 0 aromatic carbocycles. The van der Waals surface area contributed by atoms with E-state index in [1.54, 1.807) is 0 Å². The van der Waals surface area contributed by atoms with Crippen molar-refractivity contribution in [3.8, 4) is 0 Å². The molecule has 0 aliphatic heterocycles.